The maximum absolute atomic E-state index is 12.7. The van der Waals surface area contributed by atoms with Crippen molar-refractivity contribution in [3.8, 4) is 5.75 Å². The Labute approximate surface area is 114 Å². The van der Waals surface area contributed by atoms with Crippen molar-refractivity contribution in [3.05, 3.63) is 29.3 Å². The zero-order valence-corrected chi connectivity index (χ0v) is 11.6. The molecule has 0 spiro atoms. The second-order valence-electron chi connectivity index (χ2n) is 5.35. The van der Waals surface area contributed by atoms with Gasteiger partial charge < -0.3 is 15.7 Å². The molecule has 0 aromatic heterocycles. The topological polar surface area (TPSA) is 66.6 Å². The van der Waals surface area contributed by atoms with E-state index < -0.39 is 0 Å². The first-order valence-corrected chi connectivity index (χ1v) is 6.87. The lowest BCUT2D eigenvalue weighted by Gasteiger charge is -2.40. The Morgan fingerprint density at radius 2 is 2.21 bits per heavy atom. The van der Waals surface area contributed by atoms with Gasteiger partial charge in [-0.2, -0.15) is 0 Å². The third kappa shape index (κ3) is 2.59. The molecule has 1 fully saturated rings. The standard InChI is InChI=1S/C15H22N2O2/c1-10-5-3-8-13(14(10)18)15(19)17-11(2)6-4-7-12(17)9-16/h3,5,8,11-12,18H,4,6-7,9,16H2,1-2H3. The van der Waals surface area contributed by atoms with Crippen molar-refractivity contribution in [1.29, 1.82) is 0 Å². The van der Waals surface area contributed by atoms with Gasteiger partial charge in [0.25, 0.3) is 5.91 Å². The van der Waals surface area contributed by atoms with Crippen LogP contribution in [0.1, 0.15) is 42.1 Å². The lowest BCUT2D eigenvalue weighted by atomic mass is 9.95. The number of likely N-dealkylation sites (tertiary alicyclic amines) is 1. The molecule has 4 heteroatoms. The molecule has 2 unspecified atom stereocenters. The predicted octanol–water partition coefficient (Wildman–Crippen LogP) is 2.04. The van der Waals surface area contributed by atoms with Crippen LogP contribution in [0.3, 0.4) is 0 Å². The number of carbonyl (C=O) groups excluding carboxylic acids is 1. The second-order valence-corrected chi connectivity index (χ2v) is 5.35. The van der Waals surface area contributed by atoms with Crippen LogP contribution in [-0.2, 0) is 0 Å². The third-order valence-electron chi connectivity index (χ3n) is 4.00. The van der Waals surface area contributed by atoms with Crippen LogP contribution in [0.2, 0.25) is 0 Å². The van der Waals surface area contributed by atoms with E-state index in [2.05, 4.69) is 0 Å². The fraction of sp³-hybridized carbons (Fsp3) is 0.533. The van der Waals surface area contributed by atoms with E-state index in [1.807, 2.05) is 11.8 Å². The summed E-state index contributed by atoms with van der Waals surface area (Å²) in [4.78, 5) is 14.5. The van der Waals surface area contributed by atoms with Gasteiger partial charge in [-0.25, -0.2) is 0 Å². The van der Waals surface area contributed by atoms with Crippen molar-refractivity contribution >= 4 is 5.91 Å². The average molecular weight is 262 g/mol. The minimum absolute atomic E-state index is 0.0798. The van der Waals surface area contributed by atoms with Crippen LogP contribution in [0.4, 0.5) is 0 Å². The number of carbonyl (C=O) groups is 1. The van der Waals surface area contributed by atoms with E-state index in [9.17, 15) is 9.90 Å². The van der Waals surface area contributed by atoms with Gasteiger partial charge in [-0.15, -0.1) is 0 Å². The van der Waals surface area contributed by atoms with Crippen molar-refractivity contribution in [3.63, 3.8) is 0 Å². The Morgan fingerprint density at radius 3 is 2.89 bits per heavy atom. The summed E-state index contributed by atoms with van der Waals surface area (Å²) in [5.74, 6) is -0.0232. The summed E-state index contributed by atoms with van der Waals surface area (Å²) < 4.78 is 0. The number of amides is 1. The summed E-state index contributed by atoms with van der Waals surface area (Å²) in [6.07, 6.45) is 3.04. The molecule has 1 aromatic carbocycles. The van der Waals surface area contributed by atoms with Crippen molar-refractivity contribution in [2.24, 2.45) is 5.73 Å². The minimum Gasteiger partial charge on any atom is -0.507 e. The first kappa shape index (κ1) is 13.9. The largest absolute Gasteiger partial charge is 0.507 e. The molecule has 1 heterocycles. The van der Waals surface area contributed by atoms with Crippen LogP contribution in [0, 0.1) is 6.92 Å². The Bertz CT molecular complexity index is 473. The van der Waals surface area contributed by atoms with Gasteiger partial charge in [0, 0.05) is 18.6 Å². The number of para-hydroxylation sites is 1. The van der Waals surface area contributed by atoms with E-state index in [-0.39, 0.29) is 23.7 Å². The number of phenolic OH excluding ortho intramolecular Hbond substituents is 1. The van der Waals surface area contributed by atoms with Crippen LogP contribution >= 0.6 is 0 Å². The highest BCUT2D eigenvalue weighted by Crippen LogP contribution is 2.28. The number of aromatic hydroxyl groups is 1. The molecule has 1 amide bonds. The van der Waals surface area contributed by atoms with Crippen LogP contribution in [-0.4, -0.2) is 34.5 Å². The summed E-state index contributed by atoms with van der Waals surface area (Å²) in [6, 6.07) is 5.53. The van der Waals surface area contributed by atoms with Gasteiger partial charge in [0.2, 0.25) is 0 Å². The number of rotatable bonds is 2. The van der Waals surface area contributed by atoms with Gasteiger partial charge in [0.15, 0.2) is 0 Å². The first-order valence-electron chi connectivity index (χ1n) is 6.87. The lowest BCUT2D eigenvalue weighted by molar-refractivity contribution is 0.0491. The third-order valence-corrected chi connectivity index (χ3v) is 4.00. The molecule has 3 N–H and O–H groups in total. The van der Waals surface area contributed by atoms with Gasteiger partial charge >= 0.3 is 0 Å². The Hall–Kier alpha value is -1.55. The average Bonchev–Trinajstić information content (AvgIpc) is 2.40. The lowest BCUT2D eigenvalue weighted by Crippen LogP contribution is -2.51. The zero-order valence-electron chi connectivity index (χ0n) is 11.6. The molecule has 1 saturated heterocycles. The smallest absolute Gasteiger partial charge is 0.258 e. The summed E-state index contributed by atoms with van der Waals surface area (Å²) >= 11 is 0. The SMILES string of the molecule is Cc1cccc(C(=O)N2C(C)CCCC2CN)c1O. The highest BCUT2D eigenvalue weighted by Gasteiger charge is 2.32. The van der Waals surface area contributed by atoms with E-state index >= 15 is 0 Å². The molecule has 0 bridgehead atoms. The van der Waals surface area contributed by atoms with Crippen LogP contribution in [0.25, 0.3) is 0 Å². The van der Waals surface area contributed by atoms with Crippen LogP contribution in [0.15, 0.2) is 18.2 Å². The van der Waals surface area contributed by atoms with Crippen LogP contribution in [0.5, 0.6) is 5.75 Å². The summed E-state index contributed by atoms with van der Waals surface area (Å²) in [5.41, 5.74) is 6.89. The number of piperidine rings is 1. The molecule has 19 heavy (non-hydrogen) atoms. The minimum atomic E-state index is -0.108. The Kier molecular flexibility index (Phi) is 4.10. The Balaban J connectivity index is 2.33. The molecule has 1 aromatic rings. The van der Waals surface area contributed by atoms with E-state index in [1.165, 1.54) is 0 Å². The maximum atomic E-state index is 12.7. The van der Waals surface area contributed by atoms with Gasteiger partial charge in [-0.05, 0) is 44.7 Å². The molecule has 0 aliphatic carbocycles. The normalized spacial score (nSPS) is 23.4. The number of nitrogens with two attached hydrogens (primary N) is 1. The number of phenols is 1. The van der Waals surface area contributed by atoms with Crippen molar-refractivity contribution in [1.82, 2.24) is 4.90 Å². The van der Waals surface area contributed by atoms with Gasteiger partial charge in [-0.1, -0.05) is 12.1 Å². The molecule has 2 rings (SSSR count). The van der Waals surface area contributed by atoms with E-state index in [1.54, 1.807) is 25.1 Å². The van der Waals surface area contributed by atoms with E-state index in [0.29, 0.717) is 12.1 Å². The summed E-state index contributed by atoms with van der Waals surface area (Å²) in [7, 11) is 0. The Morgan fingerprint density at radius 1 is 1.47 bits per heavy atom. The summed E-state index contributed by atoms with van der Waals surface area (Å²) in [5, 5.41) is 10.1. The molecule has 1 aliphatic rings. The van der Waals surface area contributed by atoms with Gasteiger partial charge in [0.1, 0.15) is 5.75 Å². The first-order chi connectivity index (χ1) is 9.06. The highest BCUT2D eigenvalue weighted by molar-refractivity contribution is 5.97. The van der Waals surface area contributed by atoms with Crippen LogP contribution < -0.4 is 5.73 Å². The van der Waals surface area contributed by atoms with Gasteiger partial charge in [-0.3, -0.25) is 4.79 Å². The molecular weight excluding hydrogens is 240 g/mol. The molecule has 1 aliphatic heterocycles. The number of hydrogen-bond donors (Lipinski definition) is 2. The van der Waals surface area contributed by atoms with E-state index in [0.717, 1.165) is 24.8 Å². The number of hydrogen-bond acceptors (Lipinski definition) is 3. The second kappa shape index (κ2) is 5.61. The number of aryl methyl sites for hydroxylation is 1. The monoisotopic (exact) mass is 262 g/mol. The molecule has 104 valence electrons. The predicted molar refractivity (Wildman–Crippen MR) is 75.2 cm³/mol. The molecule has 0 saturated carbocycles. The molecule has 2 atom stereocenters. The zero-order chi connectivity index (χ0) is 14.0. The van der Waals surface area contributed by atoms with Crippen molar-refractivity contribution in [2.75, 3.05) is 6.54 Å². The van der Waals surface area contributed by atoms with E-state index in [4.69, 9.17) is 5.73 Å². The van der Waals surface area contributed by atoms with Gasteiger partial charge in [0.05, 0.1) is 5.56 Å². The van der Waals surface area contributed by atoms with Crippen molar-refractivity contribution in [2.45, 2.75) is 45.2 Å². The number of benzene rings is 1. The number of nitrogens with zero attached hydrogens (tertiary/aromatic N) is 1. The fourth-order valence-electron chi connectivity index (χ4n) is 2.85. The molecular formula is C15H22N2O2. The molecule has 0 radical (unpaired) electrons. The molecule has 4 nitrogen and oxygen atoms in total. The maximum Gasteiger partial charge on any atom is 0.258 e. The quantitative estimate of drug-likeness (QED) is 0.857. The highest BCUT2D eigenvalue weighted by atomic mass is 16.3. The summed E-state index contributed by atoms with van der Waals surface area (Å²) in [6.45, 7) is 4.32. The van der Waals surface area contributed by atoms with Crippen molar-refractivity contribution < 1.29 is 9.90 Å². The fourth-order valence-corrected chi connectivity index (χ4v) is 2.85.